The zero-order valence-electron chi connectivity index (χ0n) is 11.0. The van der Waals surface area contributed by atoms with Crippen molar-refractivity contribution in [1.29, 1.82) is 0 Å². The van der Waals surface area contributed by atoms with Crippen LogP contribution in [0.15, 0.2) is 72.8 Å². The molecule has 0 spiro atoms. The summed E-state index contributed by atoms with van der Waals surface area (Å²) in [7, 11) is 0. The summed E-state index contributed by atoms with van der Waals surface area (Å²) in [5, 5.41) is 2.40. The number of fused-ring (bicyclic) bond motifs is 3. The van der Waals surface area contributed by atoms with Crippen molar-refractivity contribution in [3.63, 3.8) is 0 Å². The third kappa shape index (κ3) is 1.51. The van der Waals surface area contributed by atoms with E-state index in [0.717, 1.165) is 11.0 Å². The lowest BCUT2D eigenvalue weighted by Crippen LogP contribution is -2.06. The zero-order chi connectivity index (χ0) is 13.5. The average Bonchev–Trinajstić information content (AvgIpc) is 2.81. The highest BCUT2D eigenvalue weighted by molar-refractivity contribution is 6.09. The highest BCUT2D eigenvalue weighted by atomic mass is 15.3. The van der Waals surface area contributed by atoms with E-state index in [1.807, 2.05) is 12.1 Å². The number of hydrogen-bond acceptors (Lipinski definition) is 1. The minimum Gasteiger partial charge on any atom is -0.339 e. The van der Waals surface area contributed by atoms with E-state index in [1.54, 1.807) is 4.68 Å². The van der Waals surface area contributed by atoms with Crippen molar-refractivity contribution in [3.8, 4) is 11.1 Å². The Bertz CT molecular complexity index is 905. The second-order valence-electron chi connectivity index (χ2n) is 4.99. The molecule has 2 heteroatoms. The second-order valence-corrected chi connectivity index (χ2v) is 4.99. The molecule has 0 aliphatic heterocycles. The van der Waals surface area contributed by atoms with Crippen LogP contribution in [-0.2, 0) is 0 Å². The van der Waals surface area contributed by atoms with Gasteiger partial charge in [-0.05, 0) is 29.3 Å². The highest BCUT2D eigenvalue weighted by Gasteiger charge is 2.09. The van der Waals surface area contributed by atoms with Crippen LogP contribution in [0.25, 0.3) is 32.9 Å². The van der Waals surface area contributed by atoms with Gasteiger partial charge in [0.15, 0.2) is 0 Å². The van der Waals surface area contributed by atoms with Gasteiger partial charge in [0, 0.05) is 10.8 Å². The summed E-state index contributed by atoms with van der Waals surface area (Å²) in [4.78, 5) is 0. The summed E-state index contributed by atoms with van der Waals surface area (Å²) in [6, 6.07) is 25.1. The third-order valence-corrected chi connectivity index (χ3v) is 3.82. The average molecular weight is 258 g/mol. The molecule has 4 aromatic rings. The van der Waals surface area contributed by atoms with Crippen LogP contribution in [0.5, 0.6) is 0 Å². The van der Waals surface area contributed by atoms with E-state index in [4.69, 9.17) is 5.84 Å². The van der Waals surface area contributed by atoms with Gasteiger partial charge in [0.25, 0.3) is 0 Å². The minimum absolute atomic E-state index is 1.06. The van der Waals surface area contributed by atoms with E-state index in [9.17, 15) is 0 Å². The predicted octanol–water partition coefficient (Wildman–Crippen LogP) is 4.18. The maximum Gasteiger partial charge on any atom is 0.0704 e. The van der Waals surface area contributed by atoms with Crippen molar-refractivity contribution in [2.75, 3.05) is 5.84 Å². The molecular weight excluding hydrogens is 244 g/mol. The largest absolute Gasteiger partial charge is 0.339 e. The van der Waals surface area contributed by atoms with Gasteiger partial charge in [-0.25, -0.2) is 0 Å². The minimum atomic E-state index is 1.06. The molecule has 0 atom stereocenters. The molecule has 0 fully saturated rings. The number of nitrogen functional groups attached to an aromatic ring is 1. The number of nitrogens with zero attached hydrogens (tertiary/aromatic N) is 1. The smallest absolute Gasteiger partial charge is 0.0704 e. The number of aromatic nitrogens is 1. The van der Waals surface area contributed by atoms with Crippen molar-refractivity contribution >= 4 is 21.8 Å². The SMILES string of the molecule is Nn1c2ccccc2c2cc(-c3ccccc3)ccc21. The van der Waals surface area contributed by atoms with Gasteiger partial charge in [0.2, 0.25) is 0 Å². The Labute approximate surface area is 117 Å². The fourth-order valence-electron chi connectivity index (χ4n) is 2.81. The van der Waals surface area contributed by atoms with Crippen molar-refractivity contribution in [2.45, 2.75) is 0 Å². The topological polar surface area (TPSA) is 30.9 Å². The van der Waals surface area contributed by atoms with Crippen LogP contribution in [0.4, 0.5) is 0 Å². The second kappa shape index (κ2) is 4.14. The molecule has 96 valence electrons. The molecule has 3 aromatic carbocycles. The first-order valence-corrected chi connectivity index (χ1v) is 6.68. The molecule has 4 rings (SSSR count). The van der Waals surface area contributed by atoms with Crippen molar-refractivity contribution in [3.05, 3.63) is 72.8 Å². The van der Waals surface area contributed by atoms with E-state index < -0.39 is 0 Å². The van der Waals surface area contributed by atoms with E-state index >= 15 is 0 Å². The number of nitrogens with two attached hydrogens (primary N) is 1. The first-order valence-electron chi connectivity index (χ1n) is 6.68. The molecule has 0 bridgehead atoms. The van der Waals surface area contributed by atoms with Gasteiger partial charge in [-0.15, -0.1) is 0 Å². The molecule has 0 amide bonds. The van der Waals surface area contributed by atoms with Gasteiger partial charge < -0.3 is 5.84 Å². The highest BCUT2D eigenvalue weighted by Crippen LogP contribution is 2.31. The Morgan fingerprint density at radius 2 is 1.30 bits per heavy atom. The molecule has 0 saturated heterocycles. The van der Waals surface area contributed by atoms with Crippen LogP contribution in [0.1, 0.15) is 0 Å². The number of hydrogen-bond donors (Lipinski definition) is 1. The van der Waals surface area contributed by atoms with Crippen molar-refractivity contribution in [1.82, 2.24) is 4.68 Å². The lowest BCUT2D eigenvalue weighted by Gasteiger charge is -2.02. The van der Waals surface area contributed by atoms with Gasteiger partial charge in [-0.1, -0.05) is 54.6 Å². The van der Waals surface area contributed by atoms with E-state index in [1.165, 1.54) is 21.9 Å². The standard InChI is InChI=1S/C18H14N2/c19-20-17-9-5-4-8-15(17)16-12-14(10-11-18(16)20)13-6-2-1-3-7-13/h1-12H,19H2. The lowest BCUT2D eigenvalue weighted by atomic mass is 10.0. The molecule has 0 aliphatic rings. The summed E-state index contributed by atoms with van der Waals surface area (Å²) in [6.45, 7) is 0. The van der Waals surface area contributed by atoms with Crippen molar-refractivity contribution in [2.24, 2.45) is 0 Å². The van der Waals surface area contributed by atoms with Gasteiger partial charge >= 0.3 is 0 Å². The van der Waals surface area contributed by atoms with Crippen LogP contribution in [-0.4, -0.2) is 4.68 Å². The van der Waals surface area contributed by atoms with E-state index in [2.05, 4.69) is 60.7 Å². The fourth-order valence-corrected chi connectivity index (χ4v) is 2.81. The van der Waals surface area contributed by atoms with Gasteiger partial charge in [-0.2, -0.15) is 0 Å². The molecule has 1 aromatic heterocycles. The Kier molecular flexibility index (Phi) is 2.30. The first kappa shape index (κ1) is 11.1. The van der Waals surface area contributed by atoms with Crippen molar-refractivity contribution < 1.29 is 0 Å². The van der Waals surface area contributed by atoms with Gasteiger partial charge in [0.1, 0.15) is 0 Å². The molecular formula is C18H14N2. The third-order valence-electron chi connectivity index (χ3n) is 3.82. The van der Waals surface area contributed by atoms with E-state index in [-0.39, 0.29) is 0 Å². The molecule has 0 saturated carbocycles. The number of para-hydroxylation sites is 1. The van der Waals surface area contributed by atoms with E-state index in [0.29, 0.717) is 0 Å². The molecule has 2 N–H and O–H groups in total. The summed E-state index contributed by atoms with van der Waals surface area (Å²) in [5.41, 5.74) is 4.57. The molecule has 0 radical (unpaired) electrons. The normalized spacial score (nSPS) is 11.2. The monoisotopic (exact) mass is 258 g/mol. The number of rotatable bonds is 1. The predicted molar refractivity (Wildman–Crippen MR) is 85.0 cm³/mol. The molecule has 0 unspecified atom stereocenters. The Morgan fingerprint density at radius 3 is 2.15 bits per heavy atom. The maximum atomic E-state index is 6.18. The van der Waals surface area contributed by atoms with Crippen LogP contribution < -0.4 is 5.84 Å². The van der Waals surface area contributed by atoms with Crippen LogP contribution in [0, 0.1) is 0 Å². The van der Waals surface area contributed by atoms with Crippen LogP contribution >= 0.6 is 0 Å². The molecule has 2 nitrogen and oxygen atoms in total. The first-order chi connectivity index (χ1) is 9.84. The number of benzene rings is 3. The maximum absolute atomic E-state index is 6.18. The summed E-state index contributed by atoms with van der Waals surface area (Å²) >= 11 is 0. The fraction of sp³-hybridized carbons (Fsp3) is 0. The van der Waals surface area contributed by atoms with Gasteiger partial charge in [-0.3, -0.25) is 4.68 Å². The molecule has 0 aliphatic carbocycles. The van der Waals surface area contributed by atoms with Gasteiger partial charge in [0.05, 0.1) is 11.0 Å². The summed E-state index contributed by atoms with van der Waals surface area (Å²) in [6.07, 6.45) is 0. The lowest BCUT2D eigenvalue weighted by molar-refractivity contribution is 1.12. The molecule has 1 heterocycles. The van der Waals surface area contributed by atoms with Crippen LogP contribution in [0.2, 0.25) is 0 Å². The zero-order valence-corrected chi connectivity index (χ0v) is 11.0. The van der Waals surface area contributed by atoms with Crippen LogP contribution in [0.3, 0.4) is 0 Å². The molecule has 20 heavy (non-hydrogen) atoms. The summed E-state index contributed by atoms with van der Waals surface area (Å²) in [5.74, 6) is 6.18. The summed E-state index contributed by atoms with van der Waals surface area (Å²) < 4.78 is 1.76. The quantitative estimate of drug-likeness (QED) is 0.510. The Hall–Kier alpha value is -2.74. The Morgan fingerprint density at radius 1 is 0.600 bits per heavy atom. The Balaban J connectivity index is 2.07.